The normalized spacial score (nSPS) is 13.8. The number of aromatic nitrogens is 1. The topological polar surface area (TPSA) is 78.0 Å². The molecule has 1 fully saturated rings. The molecular weight excluding hydrogens is 370 g/mol. The van der Waals surface area contributed by atoms with Crippen LogP contribution in [0.2, 0.25) is 0 Å². The lowest BCUT2D eigenvalue weighted by atomic mass is 10.2. The predicted octanol–water partition coefficient (Wildman–Crippen LogP) is 2.68. The number of rotatable bonds is 5. The maximum atomic E-state index is 12.6. The van der Waals surface area contributed by atoms with E-state index >= 15 is 0 Å². The summed E-state index contributed by atoms with van der Waals surface area (Å²) in [6, 6.07) is 11.1. The minimum Gasteiger partial charge on any atom is -0.450 e. The molecule has 0 aliphatic carbocycles. The van der Waals surface area contributed by atoms with E-state index in [4.69, 9.17) is 4.74 Å². The summed E-state index contributed by atoms with van der Waals surface area (Å²) >= 11 is 0. The Labute approximate surface area is 171 Å². The number of nitrogens with zero attached hydrogens (tertiary/aromatic N) is 4. The zero-order valence-electron chi connectivity index (χ0n) is 17.1. The van der Waals surface area contributed by atoms with Gasteiger partial charge >= 0.3 is 6.09 Å². The van der Waals surface area contributed by atoms with E-state index in [9.17, 15) is 9.59 Å². The van der Waals surface area contributed by atoms with Gasteiger partial charge in [-0.1, -0.05) is 0 Å². The smallest absolute Gasteiger partial charge is 0.409 e. The van der Waals surface area contributed by atoms with Crippen molar-refractivity contribution in [3.63, 3.8) is 0 Å². The fourth-order valence-corrected chi connectivity index (χ4v) is 3.11. The molecule has 29 heavy (non-hydrogen) atoms. The van der Waals surface area contributed by atoms with Crippen LogP contribution in [-0.4, -0.2) is 68.8 Å². The minimum atomic E-state index is -0.284. The lowest BCUT2D eigenvalue weighted by molar-refractivity contribution is 0.102. The molecule has 1 aliphatic heterocycles. The number of pyridine rings is 1. The largest absolute Gasteiger partial charge is 0.450 e. The number of ether oxygens (including phenoxy) is 1. The Morgan fingerprint density at radius 1 is 1.10 bits per heavy atom. The summed E-state index contributed by atoms with van der Waals surface area (Å²) in [5, 5.41) is 2.92. The Kier molecular flexibility index (Phi) is 6.54. The highest BCUT2D eigenvalue weighted by atomic mass is 16.6. The van der Waals surface area contributed by atoms with Crippen molar-refractivity contribution < 1.29 is 14.3 Å². The molecule has 0 bridgehead atoms. The van der Waals surface area contributed by atoms with E-state index in [2.05, 4.69) is 15.2 Å². The van der Waals surface area contributed by atoms with E-state index in [1.54, 1.807) is 30.2 Å². The van der Waals surface area contributed by atoms with Crippen molar-refractivity contribution >= 4 is 29.2 Å². The maximum absolute atomic E-state index is 12.6. The third-order valence-corrected chi connectivity index (χ3v) is 4.78. The number of carbonyl (C=O) groups is 2. The monoisotopic (exact) mass is 397 g/mol. The van der Waals surface area contributed by atoms with E-state index in [0.717, 1.165) is 17.2 Å². The van der Waals surface area contributed by atoms with Crippen molar-refractivity contribution in [1.82, 2.24) is 9.88 Å². The number of nitrogens with one attached hydrogen (secondary N) is 1. The number of carbonyl (C=O) groups excluding carboxylic acids is 2. The van der Waals surface area contributed by atoms with Crippen molar-refractivity contribution in [1.29, 1.82) is 0 Å². The second kappa shape index (κ2) is 9.27. The quantitative estimate of drug-likeness (QED) is 0.836. The number of hydrogen-bond acceptors (Lipinski definition) is 6. The average molecular weight is 397 g/mol. The van der Waals surface area contributed by atoms with Gasteiger partial charge in [-0.3, -0.25) is 4.79 Å². The van der Waals surface area contributed by atoms with Crippen LogP contribution < -0.4 is 15.1 Å². The van der Waals surface area contributed by atoms with Crippen LogP contribution in [0, 0.1) is 0 Å². The van der Waals surface area contributed by atoms with Gasteiger partial charge in [0.2, 0.25) is 0 Å². The molecule has 2 aromatic rings. The number of benzene rings is 1. The highest BCUT2D eigenvalue weighted by Crippen LogP contribution is 2.19. The van der Waals surface area contributed by atoms with Crippen LogP contribution in [-0.2, 0) is 4.74 Å². The van der Waals surface area contributed by atoms with Crippen LogP contribution >= 0.6 is 0 Å². The lowest BCUT2D eigenvalue weighted by Crippen LogP contribution is -2.49. The minimum absolute atomic E-state index is 0.184. The van der Waals surface area contributed by atoms with Gasteiger partial charge in [-0.25, -0.2) is 9.78 Å². The van der Waals surface area contributed by atoms with Gasteiger partial charge in [0, 0.05) is 63.4 Å². The van der Waals surface area contributed by atoms with Crippen LogP contribution in [0.3, 0.4) is 0 Å². The summed E-state index contributed by atoms with van der Waals surface area (Å²) in [6.07, 6.45) is 1.35. The molecule has 2 heterocycles. The highest BCUT2D eigenvalue weighted by Gasteiger charge is 2.23. The summed E-state index contributed by atoms with van der Waals surface area (Å²) in [7, 11) is 3.94. The first-order chi connectivity index (χ1) is 14.0. The molecule has 0 spiro atoms. The number of hydrogen-bond donors (Lipinski definition) is 1. The van der Waals surface area contributed by atoms with Gasteiger partial charge in [0.1, 0.15) is 5.82 Å². The molecule has 154 valence electrons. The number of amides is 2. The fraction of sp³-hybridized carbons (Fsp3) is 0.381. The first-order valence-corrected chi connectivity index (χ1v) is 9.69. The van der Waals surface area contributed by atoms with E-state index < -0.39 is 0 Å². The second-order valence-corrected chi connectivity index (χ2v) is 6.97. The molecule has 8 nitrogen and oxygen atoms in total. The second-order valence-electron chi connectivity index (χ2n) is 6.97. The summed E-state index contributed by atoms with van der Waals surface area (Å²) in [6.45, 7) is 4.58. The Balaban J connectivity index is 1.62. The molecule has 1 aliphatic rings. The van der Waals surface area contributed by atoms with Crippen LogP contribution in [0.25, 0.3) is 0 Å². The van der Waals surface area contributed by atoms with E-state index in [1.165, 1.54) is 0 Å². The number of anilines is 3. The molecule has 1 saturated heterocycles. The SMILES string of the molecule is CCOC(=O)N1CCN(c2cc(C(=O)Nc3ccc(N(C)C)cc3)ccn2)CC1. The van der Waals surface area contributed by atoms with Crippen LogP contribution in [0.15, 0.2) is 42.6 Å². The molecule has 1 aromatic heterocycles. The van der Waals surface area contributed by atoms with Gasteiger partial charge < -0.3 is 24.8 Å². The van der Waals surface area contributed by atoms with Crippen molar-refractivity contribution in [2.24, 2.45) is 0 Å². The zero-order valence-corrected chi connectivity index (χ0v) is 17.1. The van der Waals surface area contributed by atoms with Gasteiger partial charge in [0.25, 0.3) is 5.91 Å². The molecule has 0 radical (unpaired) electrons. The Bertz CT molecular complexity index is 846. The maximum Gasteiger partial charge on any atom is 0.409 e. The van der Waals surface area contributed by atoms with Crippen LogP contribution in [0.1, 0.15) is 17.3 Å². The van der Waals surface area contributed by atoms with Gasteiger partial charge in [-0.2, -0.15) is 0 Å². The van der Waals surface area contributed by atoms with Crippen LogP contribution in [0.5, 0.6) is 0 Å². The summed E-state index contributed by atoms with van der Waals surface area (Å²) < 4.78 is 5.05. The van der Waals surface area contributed by atoms with Gasteiger partial charge in [0.05, 0.1) is 6.61 Å². The first kappa shape index (κ1) is 20.4. The van der Waals surface area contributed by atoms with Crippen molar-refractivity contribution in [2.75, 3.05) is 62.0 Å². The van der Waals surface area contributed by atoms with Gasteiger partial charge in [-0.15, -0.1) is 0 Å². The highest BCUT2D eigenvalue weighted by molar-refractivity contribution is 6.04. The Morgan fingerprint density at radius 3 is 2.41 bits per heavy atom. The summed E-state index contributed by atoms with van der Waals surface area (Å²) in [5.74, 6) is 0.542. The van der Waals surface area contributed by atoms with E-state index in [-0.39, 0.29) is 12.0 Å². The van der Waals surface area contributed by atoms with Gasteiger partial charge in [-0.05, 0) is 43.3 Å². The molecule has 3 rings (SSSR count). The standard InChI is InChI=1S/C21H27N5O3/c1-4-29-21(28)26-13-11-25(12-14-26)19-15-16(9-10-22-19)20(27)23-17-5-7-18(8-6-17)24(2)3/h5-10,15H,4,11-14H2,1-3H3,(H,23,27). The Hall–Kier alpha value is -3.29. The molecule has 0 atom stereocenters. The fourth-order valence-electron chi connectivity index (χ4n) is 3.11. The van der Waals surface area contributed by atoms with Gasteiger partial charge in [0.15, 0.2) is 0 Å². The molecule has 0 unspecified atom stereocenters. The third kappa shape index (κ3) is 5.16. The third-order valence-electron chi connectivity index (χ3n) is 4.78. The molecule has 8 heteroatoms. The summed E-state index contributed by atoms with van der Waals surface area (Å²) in [4.78, 5) is 34.6. The van der Waals surface area contributed by atoms with E-state index in [1.807, 2.05) is 43.3 Å². The predicted molar refractivity (Wildman–Crippen MR) is 114 cm³/mol. The lowest BCUT2D eigenvalue weighted by Gasteiger charge is -2.34. The molecule has 2 amide bonds. The molecule has 1 N–H and O–H groups in total. The van der Waals surface area contributed by atoms with Crippen molar-refractivity contribution in [2.45, 2.75) is 6.92 Å². The number of piperazine rings is 1. The first-order valence-electron chi connectivity index (χ1n) is 9.69. The zero-order chi connectivity index (χ0) is 20.8. The molecular formula is C21H27N5O3. The average Bonchev–Trinajstić information content (AvgIpc) is 2.74. The summed E-state index contributed by atoms with van der Waals surface area (Å²) in [5.41, 5.74) is 2.35. The van der Waals surface area contributed by atoms with Crippen LogP contribution in [0.4, 0.5) is 22.0 Å². The Morgan fingerprint density at radius 2 is 1.79 bits per heavy atom. The molecule has 1 aromatic carbocycles. The van der Waals surface area contributed by atoms with Crippen molar-refractivity contribution in [3.05, 3.63) is 48.2 Å². The van der Waals surface area contributed by atoms with Crippen molar-refractivity contribution in [3.8, 4) is 0 Å². The molecule has 0 saturated carbocycles. The van der Waals surface area contributed by atoms with E-state index in [0.29, 0.717) is 38.3 Å².